The van der Waals surface area contributed by atoms with Crippen molar-refractivity contribution in [1.82, 2.24) is 0 Å². The lowest BCUT2D eigenvalue weighted by Crippen LogP contribution is -2.47. The van der Waals surface area contributed by atoms with Crippen LogP contribution < -0.4 is 5.73 Å². The quantitative estimate of drug-likeness (QED) is 0.716. The Kier molecular flexibility index (Phi) is 3.13. The number of hydrogen-bond donors (Lipinski definition) is 2. The first-order valence-corrected chi connectivity index (χ1v) is 4.53. The van der Waals surface area contributed by atoms with Crippen molar-refractivity contribution in [3.63, 3.8) is 0 Å². The van der Waals surface area contributed by atoms with E-state index in [2.05, 4.69) is 5.92 Å². The molecule has 0 saturated carbocycles. The Morgan fingerprint density at radius 1 is 1.53 bits per heavy atom. The van der Waals surface area contributed by atoms with Crippen LogP contribution in [0, 0.1) is 12.3 Å². The number of ketones is 1. The number of terminal acetylenes is 1. The number of aromatic hydroxyl groups is 1. The highest BCUT2D eigenvalue weighted by Gasteiger charge is 2.28. The summed E-state index contributed by atoms with van der Waals surface area (Å²) in [5.74, 6) is 2.24. The Balaban J connectivity index is 2.90. The van der Waals surface area contributed by atoms with E-state index in [1.807, 2.05) is 0 Å². The Bertz CT molecular complexity index is 403. The molecule has 15 heavy (non-hydrogen) atoms. The summed E-state index contributed by atoms with van der Waals surface area (Å²) in [6, 6.07) is 6.45. The van der Waals surface area contributed by atoms with E-state index in [0.29, 0.717) is 0 Å². The SMILES string of the molecule is C#C[C@](N)(Cc1ccc(O)cc1)C(C)=O. The van der Waals surface area contributed by atoms with Crippen LogP contribution in [0.3, 0.4) is 0 Å². The van der Waals surface area contributed by atoms with E-state index in [1.165, 1.54) is 19.1 Å². The third kappa shape index (κ3) is 2.58. The summed E-state index contributed by atoms with van der Waals surface area (Å²) < 4.78 is 0. The fraction of sp³-hybridized carbons (Fsp3) is 0.250. The van der Waals surface area contributed by atoms with Gasteiger partial charge in [-0.05, 0) is 24.6 Å². The molecule has 0 aliphatic carbocycles. The largest absolute Gasteiger partial charge is 0.508 e. The number of carbonyl (C=O) groups is 1. The van der Waals surface area contributed by atoms with Gasteiger partial charge >= 0.3 is 0 Å². The zero-order chi connectivity index (χ0) is 11.5. The van der Waals surface area contributed by atoms with Gasteiger partial charge in [0, 0.05) is 6.42 Å². The topological polar surface area (TPSA) is 63.3 Å². The first kappa shape index (κ1) is 11.3. The van der Waals surface area contributed by atoms with Gasteiger partial charge in [-0.3, -0.25) is 4.79 Å². The number of phenolic OH excluding ortho intramolecular Hbond substituents is 1. The summed E-state index contributed by atoms with van der Waals surface area (Å²) in [6.45, 7) is 1.38. The molecule has 1 aromatic carbocycles. The van der Waals surface area contributed by atoms with Crippen molar-refractivity contribution < 1.29 is 9.90 Å². The maximum absolute atomic E-state index is 11.3. The van der Waals surface area contributed by atoms with Crippen molar-refractivity contribution >= 4 is 5.78 Å². The van der Waals surface area contributed by atoms with Crippen LogP contribution in [-0.4, -0.2) is 16.4 Å². The molecule has 0 heterocycles. The van der Waals surface area contributed by atoms with Gasteiger partial charge in [-0.2, -0.15) is 0 Å². The number of Topliss-reactive ketones (excluding diaryl/α,β-unsaturated/α-hetero) is 1. The molecule has 78 valence electrons. The Hall–Kier alpha value is -1.79. The fourth-order valence-electron chi connectivity index (χ4n) is 1.21. The van der Waals surface area contributed by atoms with Crippen LogP contribution in [-0.2, 0) is 11.2 Å². The second-order valence-corrected chi connectivity index (χ2v) is 3.52. The molecule has 0 aliphatic rings. The molecule has 0 amide bonds. The predicted molar refractivity (Wildman–Crippen MR) is 58.2 cm³/mol. The Labute approximate surface area is 88.9 Å². The smallest absolute Gasteiger partial charge is 0.162 e. The van der Waals surface area contributed by atoms with E-state index in [-0.39, 0.29) is 18.0 Å². The molecule has 3 nitrogen and oxygen atoms in total. The number of hydrogen-bond acceptors (Lipinski definition) is 3. The van der Waals surface area contributed by atoms with Gasteiger partial charge in [-0.15, -0.1) is 6.42 Å². The predicted octanol–water partition coefficient (Wildman–Crippen LogP) is 0.854. The zero-order valence-electron chi connectivity index (χ0n) is 8.53. The monoisotopic (exact) mass is 203 g/mol. The zero-order valence-corrected chi connectivity index (χ0v) is 8.53. The maximum atomic E-state index is 11.3. The van der Waals surface area contributed by atoms with E-state index in [4.69, 9.17) is 17.3 Å². The summed E-state index contributed by atoms with van der Waals surface area (Å²) in [7, 11) is 0. The second kappa shape index (κ2) is 4.16. The van der Waals surface area contributed by atoms with Gasteiger partial charge in [0.1, 0.15) is 11.3 Å². The molecule has 1 rings (SSSR count). The standard InChI is InChI=1S/C12H13NO2/c1-3-12(13,9(2)14)8-10-4-6-11(15)7-5-10/h1,4-7,15H,8,13H2,2H3/t12-/m0/s1. The average Bonchev–Trinajstić information content (AvgIpc) is 2.21. The minimum atomic E-state index is -1.25. The van der Waals surface area contributed by atoms with Crippen LogP contribution >= 0.6 is 0 Å². The molecule has 0 aromatic heterocycles. The molecule has 0 aliphatic heterocycles. The van der Waals surface area contributed by atoms with Gasteiger partial charge in [0.15, 0.2) is 5.78 Å². The van der Waals surface area contributed by atoms with Crippen molar-refractivity contribution in [2.75, 3.05) is 0 Å². The molecule has 1 aromatic rings. The van der Waals surface area contributed by atoms with Crippen LogP contribution in [0.2, 0.25) is 0 Å². The van der Waals surface area contributed by atoms with Crippen LogP contribution in [0.15, 0.2) is 24.3 Å². The molecule has 1 atom stereocenters. The van der Waals surface area contributed by atoms with Crippen molar-refractivity contribution in [2.45, 2.75) is 18.9 Å². The van der Waals surface area contributed by atoms with Gasteiger partial charge in [-0.25, -0.2) is 0 Å². The molecule has 0 spiro atoms. The highest BCUT2D eigenvalue weighted by Crippen LogP contribution is 2.15. The van der Waals surface area contributed by atoms with E-state index >= 15 is 0 Å². The molecular formula is C12H13NO2. The lowest BCUT2D eigenvalue weighted by Gasteiger charge is -2.19. The van der Waals surface area contributed by atoms with Crippen LogP contribution in [0.25, 0.3) is 0 Å². The van der Waals surface area contributed by atoms with Crippen LogP contribution in [0.1, 0.15) is 12.5 Å². The lowest BCUT2D eigenvalue weighted by molar-refractivity contribution is -0.120. The first-order valence-electron chi connectivity index (χ1n) is 4.53. The third-order valence-electron chi connectivity index (χ3n) is 2.31. The number of carbonyl (C=O) groups excluding carboxylic acids is 1. The molecule has 0 saturated heterocycles. The first-order chi connectivity index (χ1) is 6.98. The Morgan fingerprint density at radius 3 is 2.47 bits per heavy atom. The van der Waals surface area contributed by atoms with Gasteiger partial charge in [0.25, 0.3) is 0 Å². The Morgan fingerprint density at radius 2 is 2.07 bits per heavy atom. The molecular weight excluding hydrogens is 190 g/mol. The molecule has 0 unspecified atom stereocenters. The maximum Gasteiger partial charge on any atom is 0.162 e. The summed E-state index contributed by atoms with van der Waals surface area (Å²) >= 11 is 0. The summed E-state index contributed by atoms with van der Waals surface area (Å²) in [4.78, 5) is 11.3. The highest BCUT2D eigenvalue weighted by molar-refractivity contribution is 5.89. The number of phenols is 1. The van der Waals surface area contributed by atoms with Crippen molar-refractivity contribution in [1.29, 1.82) is 0 Å². The third-order valence-corrected chi connectivity index (χ3v) is 2.31. The minimum Gasteiger partial charge on any atom is -0.508 e. The number of rotatable bonds is 3. The summed E-state index contributed by atoms with van der Waals surface area (Å²) in [5, 5.41) is 9.08. The second-order valence-electron chi connectivity index (χ2n) is 3.52. The lowest BCUT2D eigenvalue weighted by atomic mass is 9.89. The summed E-state index contributed by atoms with van der Waals surface area (Å²) in [5.41, 5.74) is 5.33. The number of nitrogens with two attached hydrogens (primary N) is 1. The van der Waals surface area contributed by atoms with Crippen LogP contribution in [0.4, 0.5) is 0 Å². The van der Waals surface area contributed by atoms with Gasteiger partial charge in [0.2, 0.25) is 0 Å². The normalized spacial score (nSPS) is 13.9. The van der Waals surface area contributed by atoms with Crippen molar-refractivity contribution in [3.05, 3.63) is 29.8 Å². The van der Waals surface area contributed by atoms with E-state index in [1.54, 1.807) is 12.1 Å². The van der Waals surface area contributed by atoms with Gasteiger partial charge in [0.05, 0.1) is 0 Å². The van der Waals surface area contributed by atoms with Crippen LogP contribution in [0.5, 0.6) is 5.75 Å². The van der Waals surface area contributed by atoms with Gasteiger partial charge in [-0.1, -0.05) is 18.1 Å². The highest BCUT2D eigenvalue weighted by atomic mass is 16.3. The van der Waals surface area contributed by atoms with E-state index < -0.39 is 5.54 Å². The molecule has 0 bridgehead atoms. The van der Waals surface area contributed by atoms with Crippen molar-refractivity contribution in [3.8, 4) is 18.1 Å². The van der Waals surface area contributed by atoms with E-state index in [0.717, 1.165) is 5.56 Å². The molecule has 3 N–H and O–H groups in total. The molecule has 0 fully saturated rings. The summed E-state index contributed by atoms with van der Waals surface area (Å²) in [6.07, 6.45) is 5.52. The molecule has 3 heteroatoms. The van der Waals surface area contributed by atoms with E-state index in [9.17, 15) is 4.79 Å². The molecule has 0 radical (unpaired) electrons. The van der Waals surface area contributed by atoms with Crippen molar-refractivity contribution in [2.24, 2.45) is 5.73 Å². The average molecular weight is 203 g/mol. The van der Waals surface area contributed by atoms with Gasteiger partial charge < -0.3 is 10.8 Å². The fourth-order valence-corrected chi connectivity index (χ4v) is 1.21. The minimum absolute atomic E-state index is 0.171. The number of benzene rings is 1.